The summed E-state index contributed by atoms with van der Waals surface area (Å²) in [5.74, 6) is -0.410. The second-order valence-corrected chi connectivity index (χ2v) is 5.11. The van der Waals surface area contributed by atoms with Gasteiger partial charge in [-0.2, -0.15) is 0 Å². The number of carbonyl (C=O) groups is 1. The molecular weight excluding hydrogens is 206 g/mol. The maximum Gasteiger partial charge on any atom is 0.311 e. The molecule has 3 N–H and O–H groups in total. The van der Waals surface area contributed by atoms with E-state index in [9.17, 15) is 9.90 Å². The van der Waals surface area contributed by atoms with E-state index in [-0.39, 0.29) is 12.6 Å². The number of carboxylic acid groups (broad SMARTS) is 1. The van der Waals surface area contributed by atoms with Crippen LogP contribution < -0.4 is 5.73 Å². The van der Waals surface area contributed by atoms with Crippen LogP contribution in [0.15, 0.2) is 0 Å². The molecule has 0 aromatic carbocycles. The van der Waals surface area contributed by atoms with Gasteiger partial charge in [-0.25, -0.2) is 0 Å². The van der Waals surface area contributed by atoms with Crippen molar-refractivity contribution < 1.29 is 14.6 Å². The van der Waals surface area contributed by atoms with E-state index in [1.807, 2.05) is 0 Å². The minimum absolute atomic E-state index is 0.264. The van der Waals surface area contributed by atoms with Gasteiger partial charge in [-0.1, -0.05) is 0 Å². The SMILES string of the molecule is NCC(CCC1CCCO1)(C(=O)O)C1CC1. The van der Waals surface area contributed by atoms with E-state index in [2.05, 4.69) is 0 Å². The molecular formula is C12H21NO3. The van der Waals surface area contributed by atoms with Crippen molar-refractivity contribution in [3.63, 3.8) is 0 Å². The van der Waals surface area contributed by atoms with E-state index in [1.54, 1.807) is 0 Å². The summed E-state index contributed by atoms with van der Waals surface area (Å²) in [6.07, 6.45) is 6.02. The molecule has 0 aromatic rings. The number of rotatable bonds is 6. The van der Waals surface area contributed by atoms with Crippen molar-refractivity contribution in [2.75, 3.05) is 13.2 Å². The third kappa shape index (κ3) is 2.23. The van der Waals surface area contributed by atoms with Gasteiger partial charge in [-0.3, -0.25) is 4.79 Å². The Bertz CT molecular complexity index is 259. The highest BCUT2D eigenvalue weighted by Gasteiger charge is 2.50. The zero-order valence-electron chi connectivity index (χ0n) is 9.65. The molecule has 2 aliphatic rings. The van der Waals surface area contributed by atoms with E-state index in [1.165, 1.54) is 0 Å². The smallest absolute Gasteiger partial charge is 0.311 e. The zero-order chi connectivity index (χ0) is 11.6. The maximum absolute atomic E-state index is 11.4. The summed E-state index contributed by atoms with van der Waals surface area (Å²) in [7, 11) is 0. The molecule has 1 saturated heterocycles. The average Bonchev–Trinajstić information content (AvgIpc) is 2.97. The van der Waals surface area contributed by atoms with E-state index >= 15 is 0 Å². The van der Waals surface area contributed by atoms with Crippen LogP contribution in [0.3, 0.4) is 0 Å². The number of aliphatic carboxylic acids is 1. The number of hydrogen-bond donors (Lipinski definition) is 2. The second kappa shape index (κ2) is 4.72. The van der Waals surface area contributed by atoms with Crippen LogP contribution in [-0.2, 0) is 9.53 Å². The zero-order valence-corrected chi connectivity index (χ0v) is 9.65. The molecule has 0 bridgehead atoms. The minimum atomic E-state index is -0.713. The predicted octanol–water partition coefficient (Wildman–Crippen LogP) is 1.39. The Hall–Kier alpha value is -0.610. The lowest BCUT2D eigenvalue weighted by Gasteiger charge is -2.28. The normalized spacial score (nSPS) is 28.9. The summed E-state index contributed by atoms with van der Waals surface area (Å²) < 4.78 is 5.54. The highest BCUT2D eigenvalue weighted by atomic mass is 16.5. The van der Waals surface area contributed by atoms with Gasteiger partial charge in [0, 0.05) is 13.2 Å². The average molecular weight is 227 g/mol. The quantitative estimate of drug-likeness (QED) is 0.719. The molecule has 0 spiro atoms. The van der Waals surface area contributed by atoms with Gasteiger partial charge in [0.2, 0.25) is 0 Å². The van der Waals surface area contributed by atoms with Crippen LogP contribution in [0.5, 0.6) is 0 Å². The van der Waals surface area contributed by atoms with Crippen molar-refractivity contribution in [3.8, 4) is 0 Å². The Morgan fingerprint density at radius 1 is 1.44 bits per heavy atom. The summed E-state index contributed by atoms with van der Waals surface area (Å²) in [5.41, 5.74) is 5.04. The third-order valence-corrected chi connectivity index (χ3v) is 4.09. The van der Waals surface area contributed by atoms with Crippen molar-refractivity contribution in [1.82, 2.24) is 0 Å². The molecule has 2 unspecified atom stereocenters. The number of hydrogen-bond acceptors (Lipinski definition) is 3. The summed E-state index contributed by atoms with van der Waals surface area (Å²) in [5, 5.41) is 9.39. The van der Waals surface area contributed by atoms with E-state index < -0.39 is 11.4 Å². The lowest BCUT2D eigenvalue weighted by atomic mass is 9.77. The Kier molecular flexibility index (Phi) is 3.50. The molecule has 1 heterocycles. The van der Waals surface area contributed by atoms with Crippen molar-refractivity contribution in [2.24, 2.45) is 17.1 Å². The first-order chi connectivity index (χ1) is 7.69. The van der Waals surface area contributed by atoms with Gasteiger partial charge in [-0.05, 0) is 44.4 Å². The van der Waals surface area contributed by atoms with Gasteiger partial charge in [0.15, 0.2) is 0 Å². The first-order valence-corrected chi connectivity index (χ1v) is 6.24. The first kappa shape index (κ1) is 11.9. The third-order valence-electron chi connectivity index (χ3n) is 4.09. The van der Waals surface area contributed by atoms with Crippen LogP contribution >= 0.6 is 0 Å². The molecule has 1 saturated carbocycles. The number of ether oxygens (including phenoxy) is 1. The van der Waals surface area contributed by atoms with Crippen LogP contribution in [0.4, 0.5) is 0 Å². The molecule has 2 fully saturated rings. The van der Waals surface area contributed by atoms with Crippen LogP contribution in [0.1, 0.15) is 38.5 Å². The summed E-state index contributed by atoms with van der Waals surface area (Å²) in [6, 6.07) is 0. The molecule has 92 valence electrons. The molecule has 1 aliphatic heterocycles. The fourth-order valence-electron chi connectivity index (χ4n) is 2.77. The molecule has 16 heavy (non-hydrogen) atoms. The predicted molar refractivity (Wildman–Crippen MR) is 60.1 cm³/mol. The number of carboxylic acids is 1. The fourth-order valence-corrected chi connectivity index (χ4v) is 2.77. The van der Waals surface area contributed by atoms with Gasteiger partial charge in [-0.15, -0.1) is 0 Å². The highest BCUT2D eigenvalue weighted by molar-refractivity contribution is 5.75. The molecule has 0 amide bonds. The number of nitrogens with two attached hydrogens (primary N) is 1. The Morgan fingerprint density at radius 3 is 2.62 bits per heavy atom. The van der Waals surface area contributed by atoms with Crippen molar-refractivity contribution in [1.29, 1.82) is 0 Å². The topological polar surface area (TPSA) is 72.5 Å². The van der Waals surface area contributed by atoms with E-state index in [0.29, 0.717) is 12.3 Å². The summed E-state index contributed by atoms with van der Waals surface area (Å²) in [6.45, 7) is 1.09. The lowest BCUT2D eigenvalue weighted by molar-refractivity contribution is -0.150. The van der Waals surface area contributed by atoms with Crippen LogP contribution in [0.2, 0.25) is 0 Å². The molecule has 2 atom stereocenters. The monoisotopic (exact) mass is 227 g/mol. The Balaban J connectivity index is 1.93. The van der Waals surface area contributed by atoms with E-state index in [4.69, 9.17) is 10.5 Å². The molecule has 4 nitrogen and oxygen atoms in total. The molecule has 0 aromatic heterocycles. The van der Waals surface area contributed by atoms with Gasteiger partial charge in [0.05, 0.1) is 11.5 Å². The van der Waals surface area contributed by atoms with Crippen LogP contribution in [0, 0.1) is 11.3 Å². The van der Waals surface area contributed by atoms with Crippen molar-refractivity contribution in [3.05, 3.63) is 0 Å². The van der Waals surface area contributed by atoms with Gasteiger partial charge in [0.25, 0.3) is 0 Å². The Labute approximate surface area is 96.2 Å². The molecule has 2 rings (SSSR count). The molecule has 4 heteroatoms. The van der Waals surface area contributed by atoms with Crippen LogP contribution in [-0.4, -0.2) is 30.3 Å². The fraction of sp³-hybridized carbons (Fsp3) is 0.917. The standard InChI is InChI=1S/C12H21NO3/c13-8-12(11(14)15,9-3-4-9)6-5-10-2-1-7-16-10/h9-10H,1-8,13H2,(H,14,15). The second-order valence-electron chi connectivity index (χ2n) is 5.11. The lowest BCUT2D eigenvalue weighted by Crippen LogP contribution is -2.41. The van der Waals surface area contributed by atoms with Crippen molar-refractivity contribution >= 4 is 5.97 Å². The van der Waals surface area contributed by atoms with Crippen LogP contribution in [0.25, 0.3) is 0 Å². The van der Waals surface area contributed by atoms with Crippen molar-refractivity contribution in [2.45, 2.75) is 44.6 Å². The van der Waals surface area contributed by atoms with Gasteiger partial charge in [0.1, 0.15) is 0 Å². The Morgan fingerprint density at radius 2 is 2.19 bits per heavy atom. The van der Waals surface area contributed by atoms with E-state index in [0.717, 1.165) is 38.7 Å². The molecule has 0 radical (unpaired) electrons. The maximum atomic E-state index is 11.4. The van der Waals surface area contributed by atoms with Gasteiger partial charge >= 0.3 is 5.97 Å². The summed E-state index contributed by atoms with van der Waals surface area (Å²) in [4.78, 5) is 11.4. The minimum Gasteiger partial charge on any atom is -0.481 e. The first-order valence-electron chi connectivity index (χ1n) is 6.24. The molecule has 1 aliphatic carbocycles. The summed E-state index contributed by atoms with van der Waals surface area (Å²) >= 11 is 0. The highest BCUT2D eigenvalue weighted by Crippen LogP contribution is 2.48. The van der Waals surface area contributed by atoms with Gasteiger partial charge < -0.3 is 15.6 Å². The largest absolute Gasteiger partial charge is 0.481 e.